The Balaban J connectivity index is 3.14. The molecule has 1 aromatic rings. The number of hydrogen-bond acceptors (Lipinski definition) is 5. The van der Waals surface area contributed by atoms with Gasteiger partial charge in [0.15, 0.2) is 0 Å². The second-order valence-electron chi connectivity index (χ2n) is 8.64. The largest absolute Gasteiger partial charge is 0.508 e. The van der Waals surface area contributed by atoms with E-state index < -0.39 is 29.7 Å². The first-order valence-electron chi connectivity index (χ1n) is 11.0. The molecule has 0 aliphatic heterocycles. The number of carbonyl (C=O) groups is 3. The van der Waals surface area contributed by atoms with Crippen molar-refractivity contribution in [3.63, 3.8) is 0 Å². The van der Waals surface area contributed by atoms with E-state index in [1.165, 1.54) is 30.0 Å². The first kappa shape index (κ1) is 27.0. The summed E-state index contributed by atoms with van der Waals surface area (Å²) in [6.45, 7) is 13.1. The number of unbranched alkanes of at least 4 members (excludes halogenated alkanes) is 2. The van der Waals surface area contributed by atoms with Gasteiger partial charge in [-0.1, -0.05) is 38.0 Å². The van der Waals surface area contributed by atoms with Crippen LogP contribution in [-0.2, 0) is 14.3 Å². The Morgan fingerprint density at radius 2 is 1.81 bits per heavy atom. The Bertz CT molecular complexity index is 771. The van der Waals surface area contributed by atoms with Crippen LogP contribution in [0.25, 0.3) is 0 Å². The molecule has 0 saturated heterocycles. The minimum atomic E-state index is -0.953. The number of nitrogens with zero attached hydrogens (tertiary/aromatic N) is 1. The molecule has 3 N–H and O–H groups in total. The first-order chi connectivity index (χ1) is 15.0. The molecule has 2 atom stereocenters. The van der Waals surface area contributed by atoms with Gasteiger partial charge >= 0.3 is 6.09 Å². The van der Waals surface area contributed by atoms with Crippen LogP contribution < -0.4 is 10.6 Å². The molecule has 32 heavy (non-hydrogen) atoms. The molecule has 0 spiro atoms. The number of amides is 3. The second kappa shape index (κ2) is 12.7. The number of rotatable bonds is 11. The molecule has 0 aromatic heterocycles. The number of benzene rings is 1. The molecule has 8 heteroatoms. The monoisotopic (exact) mass is 447 g/mol. The van der Waals surface area contributed by atoms with E-state index >= 15 is 0 Å². The minimum absolute atomic E-state index is 0.0532. The third kappa shape index (κ3) is 8.99. The SMILES string of the molecule is C=CCN(C(=O)C(C)NC(=O)OC(C)(C)C)C(C(=O)NCCCCC)c1ccc(O)cc1. The maximum absolute atomic E-state index is 13.3. The van der Waals surface area contributed by atoms with E-state index in [-0.39, 0.29) is 18.2 Å². The number of carbonyl (C=O) groups excluding carboxylic acids is 3. The average molecular weight is 448 g/mol. The quantitative estimate of drug-likeness (QED) is 0.354. The number of phenolic OH excluding ortho intramolecular Hbond substituents is 1. The smallest absolute Gasteiger partial charge is 0.408 e. The van der Waals surface area contributed by atoms with Crippen molar-refractivity contribution in [2.45, 2.75) is 71.6 Å². The predicted molar refractivity (Wildman–Crippen MR) is 124 cm³/mol. The normalized spacial score (nSPS) is 12.9. The number of hydrogen-bond donors (Lipinski definition) is 3. The van der Waals surface area contributed by atoms with E-state index in [2.05, 4.69) is 24.1 Å². The summed E-state index contributed by atoms with van der Waals surface area (Å²) in [5.74, 6) is -0.749. The van der Waals surface area contributed by atoms with Gasteiger partial charge in [0.05, 0.1) is 0 Å². The topological polar surface area (TPSA) is 108 Å². The lowest BCUT2D eigenvalue weighted by atomic mass is 10.0. The van der Waals surface area contributed by atoms with E-state index in [1.807, 2.05) is 0 Å². The van der Waals surface area contributed by atoms with E-state index in [0.29, 0.717) is 12.1 Å². The standard InChI is InChI=1S/C24H37N3O5/c1-7-9-10-15-25-21(29)20(18-11-13-19(28)14-12-18)27(16-8-2)22(30)17(3)26-23(31)32-24(4,5)6/h8,11-14,17,20,28H,2,7,9-10,15-16H2,1,3-6H3,(H,25,29)(H,26,31). The Morgan fingerprint density at radius 1 is 1.19 bits per heavy atom. The maximum atomic E-state index is 13.3. The Kier molecular flexibility index (Phi) is 10.7. The maximum Gasteiger partial charge on any atom is 0.408 e. The number of aromatic hydroxyl groups is 1. The van der Waals surface area contributed by atoms with Crippen LogP contribution in [0, 0.1) is 0 Å². The molecule has 3 amide bonds. The molecule has 0 fully saturated rings. The lowest BCUT2D eigenvalue weighted by Crippen LogP contribution is -2.52. The van der Waals surface area contributed by atoms with Gasteiger partial charge in [0, 0.05) is 13.1 Å². The van der Waals surface area contributed by atoms with Crippen LogP contribution in [0.15, 0.2) is 36.9 Å². The van der Waals surface area contributed by atoms with Gasteiger partial charge in [-0.05, 0) is 51.8 Å². The molecule has 0 aliphatic carbocycles. The molecule has 0 heterocycles. The van der Waals surface area contributed by atoms with E-state index in [4.69, 9.17) is 4.74 Å². The predicted octanol–water partition coefficient (Wildman–Crippen LogP) is 3.67. The Morgan fingerprint density at radius 3 is 2.34 bits per heavy atom. The molecule has 178 valence electrons. The van der Waals surface area contributed by atoms with Gasteiger partial charge in [0.25, 0.3) is 0 Å². The summed E-state index contributed by atoms with van der Waals surface area (Å²) in [4.78, 5) is 39.9. The summed E-state index contributed by atoms with van der Waals surface area (Å²) in [6.07, 6.45) is 3.64. The van der Waals surface area contributed by atoms with Gasteiger partial charge in [-0.25, -0.2) is 4.79 Å². The van der Waals surface area contributed by atoms with E-state index in [9.17, 15) is 19.5 Å². The Hall–Kier alpha value is -3.03. The summed E-state index contributed by atoms with van der Waals surface area (Å²) in [6, 6.07) is 4.24. The van der Waals surface area contributed by atoms with Crippen LogP contribution in [0.3, 0.4) is 0 Å². The molecular weight excluding hydrogens is 410 g/mol. The molecule has 1 aromatic carbocycles. The molecule has 8 nitrogen and oxygen atoms in total. The summed E-state index contributed by atoms with van der Waals surface area (Å²) >= 11 is 0. The first-order valence-corrected chi connectivity index (χ1v) is 11.0. The molecule has 1 rings (SSSR count). The molecule has 0 aliphatic rings. The third-order valence-electron chi connectivity index (χ3n) is 4.56. The minimum Gasteiger partial charge on any atom is -0.508 e. The number of phenols is 1. The van der Waals surface area contributed by atoms with Crippen molar-refractivity contribution in [1.29, 1.82) is 0 Å². The van der Waals surface area contributed by atoms with Crippen molar-refractivity contribution >= 4 is 17.9 Å². The number of alkyl carbamates (subject to hydrolysis) is 1. The van der Waals surface area contributed by atoms with Crippen molar-refractivity contribution in [3.05, 3.63) is 42.5 Å². The molecule has 0 saturated carbocycles. The lowest BCUT2D eigenvalue weighted by Gasteiger charge is -2.33. The van der Waals surface area contributed by atoms with Gasteiger partial charge in [0.1, 0.15) is 23.4 Å². The van der Waals surface area contributed by atoms with Gasteiger partial charge < -0.3 is 25.4 Å². The molecular formula is C24H37N3O5. The van der Waals surface area contributed by atoms with Crippen molar-refractivity contribution < 1.29 is 24.2 Å². The van der Waals surface area contributed by atoms with E-state index in [0.717, 1.165) is 19.3 Å². The number of nitrogens with one attached hydrogen (secondary N) is 2. The lowest BCUT2D eigenvalue weighted by molar-refractivity contribution is -0.141. The van der Waals surface area contributed by atoms with Gasteiger partial charge in [-0.3, -0.25) is 9.59 Å². The summed E-state index contributed by atoms with van der Waals surface area (Å²) in [5, 5.41) is 15.1. The highest BCUT2D eigenvalue weighted by atomic mass is 16.6. The summed E-state index contributed by atoms with van der Waals surface area (Å²) in [7, 11) is 0. The average Bonchev–Trinajstić information content (AvgIpc) is 2.70. The zero-order valence-electron chi connectivity index (χ0n) is 19.8. The fraction of sp³-hybridized carbons (Fsp3) is 0.542. The fourth-order valence-corrected chi connectivity index (χ4v) is 3.07. The van der Waals surface area contributed by atoms with Crippen LogP contribution in [0.5, 0.6) is 5.75 Å². The van der Waals surface area contributed by atoms with Crippen molar-refractivity contribution in [1.82, 2.24) is 15.5 Å². The highest BCUT2D eigenvalue weighted by Gasteiger charge is 2.34. The van der Waals surface area contributed by atoms with Crippen LogP contribution >= 0.6 is 0 Å². The summed E-state index contributed by atoms with van der Waals surface area (Å²) < 4.78 is 5.23. The molecule has 2 unspecified atom stereocenters. The summed E-state index contributed by atoms with van der Waals surface area (Å²) in [5.41, 5.74) is -0.170. The van der Waals surface area contributed by atoms with Crippen LogP contribution in [-0.4, -0.2) is 52.6 Å². The molecule has 0 radical (unpaired) electrons. The van der Waals surface area contributed by atoms with Gasteiger partial charge in [-0.15, -0.1) is 6.58 Å². The second-order valence-corrected chi connectivity index (χ2v) is 8.64. The highest BCUT2D eigenvalue weighted by molar-refractivity contribution is 5.92. The van der Waals surface area contributed by atoms with Crippen molar-refractivity contribution in [3.8, 4) is 5.75 Å². The van der Waals surface area contributed by atoms with Crippen molar-refractivity contribution in [2.75, 3.05) is 13.1 Å². The fourth-order valence-electron chi connectivity index (χ4n) is 3.07. The zero-order chi connectivity index (χ0) is 24.3. The number of ether oxygens (including phenoxy) is 1. The third-order valence-corrected chi connectivity index (χ3v) is 4.56. The highest BCUT2D eigenvalue weighted by Crippen LogP contribution is 2.24. The van der Waals surface area contributed by atoms with Gasteiger partial charge in [0.2, 0.25) is 11.8 Å². The van der Waals surface area contributed by atoms with Crippen LogP contribution in [0.4, 0.5) is 4.79 Å². The Labute approximate surface area is 191 Å². The van der Waals surface area contributed by atoms with E-state index in [1.54, 1.807) is 32.9 Å². The molecule has 0 bridgehead atoms. The van der Waals surface area contributed by atoms with Crippen LogP contribution in [0.2, 0.25) is 0 Å². The van der Waals surface area contributed by atoms with Crippen LogP contribution in [0.1, 0.15) is 65.5 Å². The van der Waals surface area contributed by atoms with Gasteiger partial charge in [-0.2, -0.15) is 0 Å². The zero-order valence-corrected chi connectivity index (χ0v) is 19.8. The van der Waals surface area contributed by atoms with Crippen molar-refractivity contribution in [2.24, 2.45) is 0 Å².